The van der Waals surface area contributed by atoms with Crippen molar-refractivity contribution in [1.29, 1.82) is 0 Å². The minimum Gasteiger partial charge on any atom is -0.334 e. The van der Waals surface area contributed by atoms with Crippen LogP contribution in [0.15, 0.2) is 52.7 Å². The lowest BCUT2D eigenvalue weighted by atomic mass is 10.2. The molecule has 12 heteroatoms. The van der Waals surface area contributed by atoms with Crippen molar-refractivity contribution < 1.29 is 9.18 Å². The standard InChI is InChI=1S/C17H14Cl2FN7OS/c18-11-5-12(19)7-13(6-11)23-15(28)9-29-17-26-25-16(27(17)21)24-22-8-10-3-1-2-4-14(10)20/h1-8H,9,21H2,(H,23,28)(H,24,25)/b22-8+. The number of thioether (sulfide) groups is 1. The molecule has 0 aliphatic rings. The summed E-state index contributed by atoms with van der Waals surface area (Å²) in [6, 6.07) is 10.9. The van der Waals surface area contributed by atoms with E-state index in [1.807, 2.05) is 0 Å². The smallest absolute Gasteiger partial charge is 0.264 e. The molecule has 2 aromatic carbocycles. The number of hydrazone groups is 1. The lowest BCUT2D eigenvalue weighted by Crippen LogP contribution is -2.16. The van der Waals surface area contributed by atoms with Crippen LogP contribution in [0.1, 0.15) is 5.56 Å². The minimum absolute atomic E-state index is 0.0258. The third kappa shape index (κ3) is 5.83. The van der Waals surface area contributed by atoms with E-state index in [2.05, 4.69) is 26.0 Å². The van der Waals surface area contributed by atoms with Gasteiger partial charge in [-0.15, -0.1) is 10.2 Å². The Bertz CT molecular complexity index is 1040. The number of carbonyl (C=O) groups is 1. The Morgan fingerprint density at radius 2 is 1.97 bits per heavy atom. The van der Waals surface area contributed by atoms with Crippen LogP contribution in [-0.2, 0) is 4.79 Å². The Hall–Kier alpha value is -2.82. The number of nitrogens with two attached hydrogens (primary N) is 1. The fourth-order valence-corrected chi connectivity index (χ4v) is 3.33. The zero-order valence-corrected chi connectivity index (χ0v) is 17.0. The van der Waals surface area contributed by atoms with Crippen LogP contribution in [0.2, 0.25) is 10.0 Å². The van der Waals surface area contributed by atoms with E-state index in [4.69, 9.17) is 29.0 Å². The van der Waals surface area contributed by atoms with Crippen molar-refractivity contribution in [3.63, 3.8) is 0 Å². The number of aromatic nitrogens is 3. The van der Waals surface area contributed by atoms with Crippen molar-refractivity contribution in [2.75, 3.05) is 22.3 Å². The van der Waals surface area contributed by atoms with E-state index in [0.29, 0.717) is 21.3 Å². The number of hydrogen-bond acceptors (Lipinski definition) is 7. The normalized spacial score (nSPS) is 11.0. The Labute approximate surface area is 179 Å². The van der Waals surface area contributed by atoms with Crippen LogP contribution in [0.3, 0.4) is 0 Å². The second-order valence-corrected chi connectivity index (χ2v) is 7.38. The molecule has 0 atom stereocenters. The molecule has 1 aromatic heterocycles. The summed E-state index contributed by atoms with van der Waals surface area (Å²) in [5, 5.41) is 15.4. The molecule has 150 valence electrons. The first-order valence-corrected chi connectivity index (χ1v) is 9.79. The third-order valence-electron chi connectivity index (χ3n) is 3.42. The van der Waals surface area contributed by atoms with Gasteiger partial charge >= 0.3 is 0 Å². The van der Waals surface area contributed by atoms with Crippen molar-refractivity contribution >= 4 is 58.7 Å². The van der Waals surface area contributed by atoms with Crippen molar-refractivity contribution in [2.45, 2.75) is 5.16 Å². The summed E-state index contributed by atoms with van der Waals surface area (Å²) in [5.74, 6) is 5.33. The van der Waals surface area contributed by atoms with E-state index in [1.165, 1.54) is 12.3 Å². The Morgan fingerprint density at radius 3 is 2.69 bits per heavy atom. The predicted molar refractivity (Wildman–Crippen MR) is 114 cm³/mol. The highest BCUT2D eigenvalue weighted by atomic mass is 35.5. The van der Waals surface area contributed by atoms with Gasteiger partial charge < -0.3 is 11.2 Å². The Kier molecular flexibility index (Phi) is 6.91. The first-order chi connectivity index (χ1) is 13.9. The molecular weight excluding hydrogens is 440 g/mol. The van der Waals surface area contributed by atoms with Crippen LogP contribution < -0.4 is 16.6 Å². The van der Waals surface area contributed by atoms with Gasteiger partial charge in [0.15, 0.2) is 0 Å². The highest BCUT2D eigenvalue weighted by molar-refractivity contribution is 7.99. The van der Waals surface area contributed by atoms with Gasteiger partial charge in [0, 0.05) is 21.3 Å². The number of benzene rings is 2. The molecule has 3 aromatic rings. The van der Waals surface area contributed by atoms with E-state index in [-0.39, 0.29) is 22.8 Å². The molecule has 0 fully saturated rings. The first-order valence-electron chi connectivity index (χ1n) is 8.05. The highest BCUT2D eigenvalue weighted by Gasteiger charge is 2.12. The molecule has 0 saturated heterocycles. The average molecular weight is 454 g/mol. The third-order valence-corrected chi connectivity index (χ3v) is 4.80. The summed E-state index contributed by atoms with van der Waals surface area (Å²) >= 11 is 12.9. The summed E-state index contributed by atoms with van der Waals surface area (Å²) in [6.45, 7) is 0. The number of anilines is 2. The summed E-state index contributed by atoms with van der Waals surface area (Å²) in [7, 11) is 0. The molecule has 0 aliphatic heterocycles. The lowest BCUT2D eigenvalue weighted by molar-refractivity contribution is -0.113. The van der Waals surface area contributed by atoms with Gasteiger partial charge in [-0.05, 0) is 24.3 Å². The van der Waals surface area contributed by atoms with Crippen molar-refractivity contribution in [1.82, 2.24) is 14.9 Å². The fraction of sp³-hybridized carbons (Fsp3) is 0.0588. The number of hydrogen-bond donors (Lipinski definition) is 3. The SMILES string of the molecule is Nn1c(N/N=C/c2ccccc2F)nnc1SCC(=O)Nc1cc(Cl)cc(Cl)c1. The van der Waals surface area contributed by atoms with Crippen LogP contribution >= 0.6 is 35.0 Å². The summed E-state index contributed by atoms with van der Waals surface area (Å²) < 4.78 is 14.7. The van der Waals surface area contributed by atoms with Gasteiger partial charge in [0.05, 0.1) is 12.0 Å². The van der Waals surface area contributed by atoms with Gasteiger partial charge in [0.1, 0.15) is 5.82 Å². The molecule has 3 rings (SSSR count). The van der Waals surface area contributed by atoms with Gasteiger partial charge in [-0.1, -0.05) is 53.2 Å². The molecule has 0 bridgehead atoms. The number of nitrogens with zero attached hydrogens (tertiary/aromatic N) is 4. The maximum atomic E-state index is 13.5. The van der Waals surface area contributed by atoms with Crippen LogP contribution in [0.5, 0.6) is 0 Å². The van der Waals surface area contributed by atoms with Crippen molar-refractivity contribution in [3.05, 3.63) is 63.9 Å². The molecule has 8 nitrogen and oxygen atoms in total. The number of rotatable bonds is 7. The van der Waals surface area contributed by atoms with E-state index < -0.39 is 5.82 Å². The lowest BCUT2D eigenvalue weighted by Gasteiger charge is -2.06. The van der Waals surface area contributed by atoms with Crippen molar-refractivity contribution in [3.8, 4) is 0 Å². The van der Waals surface area contributed by atoms with Crippen LogP contribution in [-0.4, -0.2) is 32.7 Å². The fourth-order valence-electron chi connectivity index (χ4n) is 2.14. The maximum Gasteiger partial charge on any atom is 0.264 e. The Balaban J connectivity index is 1.55. The number of nitrogens with one attached hydrogen (secondary N) is 2. The molecule has 1 heterocycles. The second-order valence-electron chi connectivity index (χ2n) is 5.56. The molecule has 0 spiro atoms. The van der Waals surface area contributed by atoms with Crippen LogP contribution in [0.25, 0.3) is 0 Å². The zero-order chi connectivity index (χ0) is 20.8. The molecule has 1 amide bonds. The van der Waals surface area contributed by atoms with Crippen molar-refractivity contribution in [2.24, 2.45) is 5.10 Å². The molecule has 29 heavy (non-hydrogen) atoms. The van der Waals surface area contributed by atoms with Gasteiger partial charge in [-0.3, -0.25) is 4.79 Å². The number of nitrogen functional groups attached to an aromatic ring is 1. The average Bonchev–Trinajstić information content (AvgIpc) is 3.01. The molecule has 4 N–H and O–H groups in total. The number of carbonyl (C=O) groups excluding carboxylic acids is 1. The second kappa shape index (κ2) is 9.59. The Morgan fingerprint density at radius 1 is 1.24 bits per heavy atom. The molecule has 0 unspecified atom stereocenters. The van der Waals surface area contributed by atoms with Crippen LogP contribution in [0, 0.1) is 5.82 Å². The summed E-state index contributed by atoms with van der Waals surface area (Å²) in [5.41, 5.74) is 3.35. The molecule has 0 aliphatic carbocycles. The van der Waals surface area contributed by atoms with E-state index in [1.54, 1.807) is 36.4 Å². The largest absolute Gasteiger partial charge is 0.334 e. The van der Waals surface area contributed by atoms with Gasteiger partial charge in [-0.2, -0.15) is 5.10 Å². The minimum atomic E-state index is -0.407. The van der Waals surface area contributed by atoms with E-state index in [0.717, 1.165) is 16.4 Å². The number of halogens is 3. The maximum absolute atomic E-state index is 13.5. The van der Waals surface area contributed by atoms with E-state index >= 15 is 0 Å². The van der Waals surface area contributed by atoms with E-state index in [9.17, 15) is 9.18 Å². The predicted octanol–water partition coefficient (Wildman–Crippen LogP) is 3.61. The highest BCUT2D eigenvalue weighted by Crippen LogP contribution is 2.23. The zero-order valence-electron chi connectivity index (χ0n) is 14.6. The van der Waals surface area contributed by atoms with Gasteiger partial charge in [0.2, 0.25) is 11.1 Å². The van der Waals surface area contributed by atoms with Crippen LogP contribution in [0.4, 0.5) is 16.0 Å². The van der Waals surface area contributed by atoms with Gasteiger partial charge in [0.25, 0.3) is 5.95 Å². The molecule has 0 radical (unpaired) electrons. The molecule has 0 saturated carbocycles. The topological polar surface area (TPSA) is 110 Å². The number of amides is 1. The first kappa shape index (κ1) is 20.9. The monoisotopic (exact) mass is 453 g/mol. The summed E-state index contributed by atoms with van der Waals surface area (Å²) in [4.78, 5) is 12.1. The summed E-state index contributed by atoms with van der Waals surface area (Å²) in [6.07, 6.45) is 1.29. The molecular formula is C17H14Cl2FN7OS. The van der Waals surface area contributed by atoms with Gasteiger partial charge in [-0.25, -0.2) is 14.5 Å². The quantitative estimate of drug-likeness (QED) is 0.218.